The molecule has 162 valence electrons. The second kappa shape index (κ2) is 10.6. The molecule has 0 unspecified atom stereocenters. The number of carbonyl (C=O) groups excluding carboxylic acids is 1. The van der Waals surface area contributed by atoms with Crippen LogP contribution >= 0.6 is 0 Å². The molecule has 10 nitrogen and oxygen atoms in total. The molecule has 0 aliphatic heterocycles. The average Bonchev–Trinajstić information content (AvgIpc) is 2.66. The number of carbonyl (C=O) groups is 1. The Kier molecular flexibility index (Phi) is 8.13. The maximum absolute atomic E-state index is 12.2. The minimum Gasteiger partial charge on any atom is -0.455 e. The van der Waals surface area contributed by atoms with E-state index in [2.05, 4.69) is 15.4 Å². The van der Waals surface area contributed by atoms with Crippen LogP contribution in [0.1, 0.15) is 19.8 Å². The van der Waals surface area contributed by atoms with Crippen LogP contribution < -0.4 is 20.1 Å². The summed E-state index contributed by atoms with van der Waals surface area (Å²) in [6.07, 6.45) is 2.79. The molecule has 0 aliphatic rings. The first-order valence-corrected chi connectivity index (χ1v) is 11.1. The fraction of sp³-hybridized carbons (Fsp3) is 0.316. The van der Waals surface area contributed by atoms with Gasteiger partial charge in [-0.25, -0.2) is 8.42 Å². The van der Waals surface area contributed by atoms with Crippen molar-refractivity contribution < 1.29 is 22.9 Å². The number of para-hydroxylation sites is 1. The average molecular weight is 436 g/mol. The second-order valence-electron chi connectivity index (χ2n) is 6.49. The van der Waals surface area contributed by atoms with E-state index in [0.29, 0.717) is 12.3 Å². The summed E-state index contributed by atoms with van der Waals surface area (Å²) in [5, 5.41) is 16.9. The highest BCUT2D eigenvalue weighted by Crippen LogP contribution is 2.39. The topological polar surface area (TPSA) is 140 Å². The molecular formula is C19H24N4O6S. The molecule has 2 aromatic carbocycles. The third-order valence-corrected chi connectivity index (χ3v) is 4.42. The molecule has 30 heavy (non-hydrogen) atoms. The Morgan fingerprint density at radius 3 is 2.47 bits per heavy atom. The highest BCUT2D eigenvalue weighted by molar-refractivity contribution is 7.92. The zero-order chi connectivity index (χ0) is 22.1. The van der Waals surface area contributed by atoms with Crippen LogP contribution in [0.4, 0.5) is 17.1 Å². The van der Waals surface area contributed by atoms with Crippen LogP contribution in [-0.2, 0) is 14.8 Å². The molecule has 2 aromatic rings. The lowest BCUT2D eigenvalue weighted by molar-refractivity contribution is -0.384. The molecule has 3 N–H and O–H groups in total. The molecule has 2 rings (SSSR count). The number of sulfonamides is 1. The van der Waals surface area contributed by atoms with Crippen molar-refractivity contribution in [2.75, 3.05) is 29.4 Å². The van der Waals surface area contributed by atoms with Gasteiger partial charge < -0.3 is 15.4 Å². The SMILES string of the molecule is CCCCNCC(=O)Nc1cc(NS(C)(=O)=O)c(Oc2ccccc2)cc1[N+](=O)[O-]. The van der Waals surface area contributed by atoms with E-state index in [1.165, 1.54) is 6.07 Å². The van der Waals surface area contributed by atoms with E-state index in [4.69, 9.17) is 4.74 Å². The standard InChI is InChI=1S/C19H24N4O6S/c1-3-4-10-20-13-19(24)21-15-11-16(22-30(2,27)28)18(12-17(15)23(25)26)29-14-8-6-5-7-9-14/h5-9,11-12,20,22H,3-4,10,13H2,1-2H3,(H,21,24). The number of benzene rings is 2. The number of nitrogens with one attached hydrogen (secondary N) is 3. The van der Waals surface area contributed by atoms with Crippen LogP contribution in [0.3, 0.4) is 0 Å². The van der Waals surface area contributed by atoms with Crippen LogP contribution in [-0.4, -0.2) is 38.6 Å². The lowest BCUT2D eigenvalue weighted by Gasteiger charge is -2.15. The van der Waals surface area contributed by atoms with E-state index < -0.39 is 26.5 Å². The molecule has 11 heteroatoms. The zero-order valence-electron chi connectivity index (χ0n) is 16.7. The Bertz CT molecular complexity index is 996. The molecule has 0 aliphatic carbocycles. The minimum atomic E-state index is -3.72. The monoisotopic (exact) mass is 436 g/mol. The molecular weight excluding hydrogens is 412 g/mol. The second-order valence-corrected chi connectivity index (χ2v) is 8.24. The van der Waals surface area contributed by atoms with E-state index >= 15 is 0 Å². The number of hydrogen-bond acceptors (Lipinski definition) is 7. The summed E-state index contributed by atoms with van der Waals surface area (Å²) in [4.78, 5) is 23.0. The Hall–Kier alpha value is -3.18. The van der Waals surface area contributed by atoms with Gasteiger partial charge >= 0.3 is 0 Å². The Labute approximate surface area is 174 Å². The number of nitro groups is 1. The molecule has 0 saturated carbocycles. The van der Waals surface area contributed by atoms with Crippen molar-refractivity contribution in [3.8, 4) is 11.5 Å². The van der Waals surface area contributed by atoms with Crippen molar-refractivity contribution in [3.05, 3.63) is 52.6 Å². The summed E-state index contributed by atoms with van der Waals surface area (Å²) in [6.45, 7) is 2.62. The minimum absolute atomic E-state index is 0.0335. The predicted molar refractivity (Wildman–Crippen MR) is 114 cm³/mol. The van der Waals surface area contributed by atoms with Crippen molar-refractivity contribution in [1.29, 1.82) is 0 Å². The van der Waals surface area contributed by atoms with Crippen molar-refractivity contribution in [3.63, 3.8) is 0 Å². The molecule has 0 heterocycles. The van der Waals surface area contributed by atoms with Crippen molar-refractivity contribution >= 4 is 33.0 Å². The third-order valence-electron chi connectivity index (χ3n) is 3.83. The van der Waals surface area contributed by atoms with E-state index in [1.807, 2.05) is 6.92 Å². The highest BCUT2D eigenvalue weighted by Gasteiger charge is 2.22. The fourth-order valence-electron chi connectivity index (χ4n) is 2.50. The van der Waals surface area contributed by atoms with Gasteiger partial charge in [-0.1, -0.05) is 31.5 Å². The number of nitro benzene ring substituents is 1. The largest absolute Gasteiger partial charge is 0.455 e. The van der Waals surface area contributed by atoms with Crippen molar-refractivity contribution in [2.45, 2.75) is 19.8 Å². The number of rotatable bonds is 11. The predicted octanol–water partition coefficient (Wildman–Crippen LogP) is 3.09. The number of ether oxygens (including phenoxy) is 1. The third kappa shape index (κ3) is 7.33. The van der Waals surface area contributed by atoms with Crippen LogP contribution in [0.5, 0.6) is 11.5 Å². The van der Waals surface area contributed by atoms with Gasteiger partial charge in [0.25, 0.3) is 5.69 Å². The normalized spacial score (nSPS) is 11.0. The summed E-state index contributed by atoms with van der Waals surface area (Å²) in [7, 11) is -3.72. The Morgan fingerprint density at radius 1 is 1.17 bits per heavy atom. The first-order chi connectivity index (χ1) is 14.2. The van der Waals surface area contributed by atoms with E-state index in [-0.39, 0.29) is 23.7 Å². The molecule has 0 saturated heterocycles. The maximum Gasteiger partial charge on any atom is 0.296 e. The van der Waals surface area contributed by atoms with E-state index in [9.17, 15) is 23.3 Å². The zero-order valence-corrected chi connectivity index (χ0v) is 17.5. The van der Waals surface area contributed by atoms with Gasteiger partial charge in [-0.15, -0.1) is 0 Å². The number of nitrogens with zero attached hydrogens (tertiary/aromatic N) is 1. The maximum atomic E-state index is 12.2. The molecule has 0 radical (unpaired) electrons. The summed E-state index contributed by atoms with van der Waals surface area (Å²) < 4.78 is 31.4. The van der Waals surface area contributed by atoms with Crippen molar-refractivity contribution in [1.82, 2.24) is 5.32 Å². The van der Waals surface area contributed by atoms with Crippen LogP contribution in [0.2, 0.25) is 0 Å². The summed E-state index contributed by atoms with van der Waals surface area (Å²) in [6, 6.07) is 10.6. The van der Waals surface area contributed by atoms with Gasteiger partial charge in [0, 0.05) is 0 Å². The highest BCUT2D eigenvalue weighted by atomic mass is 32.2. The van der Waals surface area contributed by atoms with Crippen LogP contribution in [0.25, 0.3) is 0 Å². The number of amides is 1. The summed E-state index contributed by atoms with van der Waals surface area (Å²) in [5.74, 6) is -0.200. The van der Waals surface area contributed by atoms with Crippen LogP contribution in [0.15, 0.2) is 42.5 Å². The van der Waals surface area contributed by atoms with Gasteiger partial charge in [-0.3, -0.25) is 19.6 Å². The van der Waals surface area contributed by atoms with Gasteiger partial charge in [-0.05, 0) is 31.2 Å². The molecule has 0 fully saturated rings. The first-order valence-electron chi connectivity index (χ1n) is 9.23. The smallest absolute Gasteiger partial charge is 0.296 e. The Morgan fingerprint density at radius 2 is 1.87 bits per heavy atom. The molecule has 0 bridgehead atoms. The number of hydrogen-bond donors (Lipinski definition) is 3. The van der Waals surface area contributed by atoms with Crippen LogP contribution in [0, 0.1) is 10.1 Å². The number of anilines is 2. The molecule has 0 spiro atoms. The van der Waals surface area contributed by atoms with Crippen molar-refractivity contribution in [2.24, 2.45) is 0 Å². The number of unbranched alkanes of at least 4 members (excludes halogenated alkanes) is 1. The van der Waals surface area contributed by atoms with E-state index in [1.54, 1.807) is 30.3 Å². The summed E-state index contributed by atoms with van der Waals surface area (Å²) in [5.41, 5.74) is -0.614. The van der Waals surface area contributed by atoms with Gasteiger partial charge in [0.1, 0.15) is 11.4 Å². The lowest BCUT2D eigenvalue weighted by Crippen LogP contribution is -2.29. The van der Waals surface area contributed by atoms with Gasteiger partial charge in [0.05, 0.1) is 29.5 Å². The molecule has 1 amide bonds. The van der Waals surface area contributed by atoms with Gasteiger partial charge in [0.15, 0.2) is 5.75 Å². The quantitative estimate of drug-likeness (QED) is 0.279. The first kappa shape index (κ1) is 23.1. The molecule has 0 aromatic heterocycles. The summed E-state index contributed by atoms with van der Waals surface area (Å²) >= 11 is 0. The van der Waals surface area contributed by atoms with E-state index in [0.717, 1.165) is 25.2 Å². The fourth-order valence-corrected chi connectivity index (χ4v) is 3.06. The van der Waals surface area contributed by atoms with Gasteiger partial charge in [-0.2, -0.15) is 0 Å². The lowest BCUT2D eigenvalue weighted by atomic mass is 10.2. The van der Waals surface area contributed by atoms with Gasteiger partial charge in [0.2, 0.25) is 15.9 Å². The molecule has 0 atom stereocenters. The Balaban J connectivity index is 2.37.